The first-order chi connectivity index (χ1) is 7.75. The van der Waals surface area contributed by atoms with E-state index in [-0.39, 0.29) is 11.8 Å². The van der Waals surface area contributed by atoms with Gasteiger partial charge in [-0.2, -0.15) is 0 Å². The van der Waals surface area contributed by atoms with Crippen LogP contribution in [0.3, 0.4) is 0 Å². The molecular formula is C13H16N2O. The maximum absolute atomic E-state index is 11.9. The molecule has 0 spiro atoms. The molecule has 16 heavy (non-hydrogen) atoms. The fraction of sp³-hybridized carbons (Fsp3) is 0.308. The van der Waals surface area contributed by atoms with Gasteiger partial charge in [0.25, 0.3) is 0 Å². The molecule has 0 bridgehead atoms. The highest BCUT2D eigenvalue weighted by Gasteiger charge is 2.18. The zero-order valence-corrected chi connectivity index (χ0v) is 9.15. The number of hydrogen-bond donors (Lipinski definition) is 2. The molecule has 3 N–H and O–H groups in total. The number of benzene rings is 1. The summed E-state index contributed by atoms with van der Waals surface area (Å²) >= 11 is 0. The number of nitrogens with two attached hydrogens (primary N) is 1. The molecule has 1 aliphatic rings. The number of nitrogens with one attached hydrogen (secondary N) is 1. The van der Waals surface area contributed by atoms with Crippen molar-refractivity contribution >= 4 is 17.3 Å². The Bertz CT molecular complexity index is 395. The monoisotopic (exact) mass is 216 g/mol. The lowest BCUT2D eigenvalue weighted by molar-refractivity contribution is -0.120. The van der Waals surface area contributed by atoms with Gasteiger partial charge in [-0.1, -0.05) is 12.2 Å². The van der Waals surface area contributed by atoms with Crippen molar-refractivity contribution in [1.29, 1.82) is 0 Å². The van der Waals surface area contributed by atoms with Crippen molar-refractivity contribution < 1.29 is 4.79 Å². The van der Waals surface area contributed by atoms with Crippen LogP contribution in [0.4, 0.5) is 11.4 Å². The molecule has 84 valence electrons. The molecule has 0 saturated heterocycles. The number of hydrogen-bond acceptors (Lipinski definition) is 2. The summed E-state index contributed by atoms with van der Waals surface area (Å²) in [5, 5.41) is 2.91. The van der Waals surface area contributed by atoms with E-state index in [0.29, 0.717) is 5.69 Å². The van der Waals surface area contributed by atoms with Crippen molar-refractivity contribution in [3.8, 4) is 0 Å². The molecule has 2 rings (SSSR count). The number of carbonyl (C=O) groups is 1. The van der Waals surface area contributed by atoms with Crippen LogP contribution in [0.25, 0.3) is 0 Å². The second-order valence-corrected chi connectivity index (χ2v) is 4.09. The summed E-state index contributed by atoms with van der Waals surface area (Å²) < 4.78 is 0. The normalized spacial score (nSPS) is 19.4. The van der Waals surface area contributed by atoms with E-state index < -0.39 is 0 Å². The van der Waals surface area contributed by atoms with Crippen LogP contribution in [-0.2, 0) is 4.79 Å². The van der Waals surface area contributed by atoms with Gasteiger partial charge >= 0.3 is 0 Å². The standard InChI is InChI=1S/C13H16N2O/c14-11-6-8-12(9-7-11)15-13(16)10-4-2-1-3-5-10/h1-2,6-10H,3-5,14H2,(H,15,16). The molecule has 0 aromatic heterocycles. The lowest BCUT2D eigenvalue weighted by Crippen LogP contribution is -2.23. The van der Waals surface area contributed by atoms with E-state index in [1.165, 1.54) is 0 Å². The van der Waals surface area contributed by atoms with Crippen molar-refractivity contribution in [1.82, 2.24) is 0 Å². The zero-order valence-electron chi connectivity index (χ0n) is 9.15. The SMILES string of the molecule is Nc1ccc(NC(=O)C2CC=CCC2)cc1. The summed E-state index contributed by atoms with van der Waals surface area (Å²) in [6.07, 6.45) is 7.00. The maximum Gasteiger partial charge on any atom is 0.227 e. The third kappa shape index (κ3) is 2.63. The van der Waals surface area contributed by atoms with Gasteiger partial charge in [-0.3, -0.25) is 4.79 Å². The topological polar surface area (TPSA) is 55.1 Å². The number of rotatable bonds is 2. The average molecular weight is 216 g/mol. The highest BCUT2D eigenvalue weighted by atomic mass is 16.1. The smallest absolute Gasteiger partial charge is 0.227 e. The lowest BCUT2D eigenvalue weighted by Gasteiger charge is -2.17. The predicted molar refractivity (Wildman–Crippen MR) is 66.0 cm³/mol. The molecule has 0 fully saturated rings. The number of allylic oxidation sites excluding steroid dienone is 2. The van der Waals surface area contributed by atoms with E-state index in [0.717, 1.165) is 24.9 Å². The molecule has 0 aliphatic heterocycles. The Morgan fingerprint density at radius 2 is 2.00 bits per heavy atom. The number of anilines is 2. The minimum atomic E-state index is 0.106. The van der Waals surface area contributed by atoms with Gasteiger partial charge < -0.3 is 11.1 Å². The first-order valence-corrected chi connectivity index (χ1v) is 5.57. The van der Waals surface area contributed by atoms with Crippen molar-refractivity contribution in [2.75, 3.05) is 11.1 Å². The van der Waals surface area contributed by atoms with Crippen LogP contribution in [0, 0.1) is 5.92 Å². The van der Waals surface area contributed by atoms with Crippen molar-refractivity contribution in [3.05, 3.63) is 36.4 Å². The molecule has 0 saturated carbocycles. The van der Waals surface area contributed by atoms with Gasteiger partial charge in [-0.05, 0) is 43.5 Å². The minimum absolute atomic E-state index is 0.106. The van der Waals surface area contributed by atoms with Crippen LogP contribution in [-0.4, -0.2) is 5.91 Å². The quantitative estimate of drug-likeness (QED) is 0.589. The summed E-state index contributed by atoms with van der Waals surface area (Å²) in [5.41, 5.74) is 7.10. The van der Waals surface area contributed by atoms with Crippen molar-refractivity contribution in [2.24, 2.45) is 5.92 Å². The Kier molecular flexibility index (Phi) is 3.25. The van der Waals surface area contributed by atoms with Crippen LogP contribution >= 0.6 is 0 Å². The van der Waals surface area contributed by atoms with Gasteiger partial charge in [0.05, 0.1) is 0 Å². The summed E-state index contributed by atoms with van der Waals surface area (Å²) in [7, 11) is 0. The van der Waals surface area contributed by atoms with Crippen LogP contribution in [0.1, 0.15) is 19.3 Å². The second-order valence-electron chi connectivity index (χ2n) is 4.09. The van der Waals surface area contributed by atoms with Gasteiger partial charge in [-0.15, -0.1) is 0 Å². The number of nitrogen functional groups attached to an aromatic ring is 1. The van der Waals surface area contributed by atoms with E-state index >= 15 is 0 Å². The van der Waals surface area contributed by atoms with E-state index in [9.17, 15) is 4.79 Å². The zero-order chi connectivity index (χ0) is 11.4. The van der Waals surface area contributed by atoms with Gasteiger partial charge in [0, 0.05) is 17.3 Å². The fourth-order valence-corrected chi connectivity index (χ4v) is 1.84. The van der Waals surface area contributed by atoms with Crippen LogP contribution in [0.5, 0.6) is 0 Å². The number of amides is 1. The summed E-state index contributed by atoms with van der Waals surface area (Å²) in [6, 6.07) is 7.23. The van der Waals surface area contributed by atoms with E-state index in [1.807, 2.05) is 12.1 Å². The summed E-state index contributed by atoms with van der Waals surface area (Å²) in [6.45, 7) is 0. The molecule has 1 aromatic carbocycles. The van der Waals surface area contributed by atoms with Crippen LogP contribution in [0.2, 0.25) is 0 Å². The summed E-state index contributed by atoms with van der Waals surface area (Å²) in [5.74, 6) is 0.219. The molecule has 0 heterocycles. The highest BCUT2D eigenvalue weighted by molar-refractivity contribution is 5.92. The molecule has 3 nitrogen and oxygen atoms in total. The predicted octanol–water partition coefficient (Wildman–Crippen LogP) is 2.56. The lowest BCUT2D eigenvalue weighted by atomic mass is 9.93. The van der Waals surface area contributed by atoms with Crippen LogP contribution in [0.15, 0.2) is 36.4 Å². The van der Waals surface area contributed by atoms with E-state index in [4.69, 9.17) is 5.73 Å². The molecule has 1 aromatic rings. The molecule has 1 aliphatic carbocycles. The molecular weight excluding hydrogens is 200 g/mol. The summed E-state index contributed by atoms with van der Waals surface area (Å²) in [4.78, 5) is 11.9. The van der Waals surface area contributed by atoms with E-state index in [2.05, 4.69) is 17.5 Å². The third-order valence-corrected chi connectivity index (χ3v) is 2.82. The Balaban J connectivity index is 1.96. The van der Waals surface area contributed by atoms with Gasteiger partial charge in [0.1, 0.15) is 0 Å². The fourth-order valence-electron chi connectivity index (χ4n) is 1.84. The molecule has 1 unspecified atom stereocenters. The molecule has 1 atom stereocenters. The molecule has 3 heteroatoms. The van der Waals surface area contributed by atoms with Gasteiger partial charge in [0.2, 0.25) is 5.91 Å². The second kappa shape index (κ2) is 4.84. The maximum atomic E-state index is 11.9. The Labute approximate surface area is 95.3 Å². The van der Waals surface area contributed by atoms with Gasteiger partial charge in [-0.25, -0.2) is 0 Å². The average Bonchev–Trinajstić information content (AvgIpc) is 2.33. The van der Waals surface area contributed by atoms with Gasteiger partial charge in [0.15, 0.2) is 0 Å². The first-order valence-electron chi connectivity index (χ1n) is 5.57. The van der Waals surface area contributed by atoms with E-state index in [1.54, 1.807) is 12.1 Å². The Morgan fingerprint density at radius 1 is 1.25 bits per heavy atom. The van der Waals surface area contributed by atoms with Crippen molar-refractivity contribution in [2.45, 2.75) is 19.3 Å². The molecule has 1 amide bonds. The number of carbonyl (C=O) groups excluding carboxylic acids is 1. The highest BCUT2D eigenvalue weighted by Crippen LogP contribution is 2.20. The largest absolute Gasteiger partial charge is 0.399 e. The first kappa shape index (κ1) is 10.7. The third-order valence-electron chi connectivity index (χ3n) is 2.82. The molecule has 0 radical (unpaired) electrons. The van der Waals surface area contributed by atoms with Crippen LogP contribution < -0.4 is 11.1 Å². The Hall–Kier alpha value is -1.77. The minimum Gasteiger partial charge on any atom is -0.399 e. The van der Waals surface area contributed by atoms with Crippen molar-refractivity contribution in [3.63, 3.8) is 0 Å². The Morgan fingerprint density at radius 3 is 2.62 bits per heavy atom.